The second-order valence-corrected chi connectivity index (χ2v) is 6.55. The van der Waals surface area contributed by atoms with Crippen LogP contribution in [-0.2, 0) is 9.59 Å². The van der Waals surface area contributed by atoms with Gasteiger partial charge in [-0.15, -0.1) is 0 Å². The van der Waals surface area contributed by atoms with E-state index in [4.69, 9.17) is 15.6 Å². The van der Waals surface area contributed by atoms with Crippen molar-refractivity contribution < 1.29 is 19.4 Å². The van der Waals surface area contributed by atoms with E-state index in [1.807, 2.05) is 0 Å². The number of rotatable bonds is 12. The third-order valence-electron chi connectivity index (χ3n) is 3.94. The molecule has 1 aromatic rings. The first-order chi connectivity index (χ1) is 12.3. The van der Waals surface area contributed by atoms with Crippen LogP contribution in [0.2, 0.25) is 0 Å². The summed E-state index contributed by atoms with van der Waals surface area (Å²) in [6.45, 7) is 4.33. The van der Waals surface area contributed by atoms with Crippen molar-refractivity contribution in [2.75, 3.05) is 11.9 Å². The molecule has 6 heteroatoms. The fourth-order valence-electron chi connectivity index (χ4n) is 2.29. The lowest BCUT2D eigenvalue weighted by Gasteiger charge is -2.19. The molecule has 144 valence electrons. The maximum absolute atomic E-state index is 12.1. The van der Waals surface area contributed by atoms with Crippen LogP contribution in [-0.4, -0.2) is 29.1 Å². The number of carboxylic acids is 1. The smallest absolute Gasteiger partial charge is 0.328 e. The standard InChI is InChI=1S/C20H30N2O4/c1-3-4-5-6-7-8-15-26-17-11-9-16(10-12-17)22-19(25)20(2,21)14-13-18(23)24/h9-14H,3-8,15,21H2,1-2H3,(H,22,25)(H,23,24)/b14-13+/t20-/m0/s1. The van der Waals surface area contributed by atoms with Crippen molar-refractivity contribution in [3.05, 3.63) is 36.4 Å². The van der Waals surface area contributed by atoms with Gasteiger partial charge in [0.05, 0.1) is 6.61 Å². The van der Waals surface area contributed by atoms with E-state index in [0.29, 0.717) is 12.3 Å². The van der Waals surface area contributed by atoms with Gasteiger partial charge in [0.25, 0.3) is 0 Å². The zero-order valence-corrected chi connectivity index (χ0v) is 15.7. The summed E-state index contributed by atoms with van der Waals surface area (Å²) in [5.74, 6) is -0.894. The average Bonchev–Trinajstić information content (AvgIpc) is 2.60. The molecule has 0 heterocycles. The minimum absolute atomic E-state index is 0.490. The third kappa shape index (κ3) is 8.67. The van der Waals surface area contributed by atoms with Crippen LogP contribution >= 0.6 is 0 Å². The van der Waals surface area contributed by atoms with Crippen LogP contribution in [0.25, 0.3) is 0 Å². The molecule has 0 aromatic heterocycles. The molecule has 0 fully saturated rings. The maximum Gasteiger partial charge on any atom is 0.328 e. The third-order valence-corrected chi connectivity index (χ3v) is 3.94. The van der Waals surface area contributed by atoms with Gasteiger partial charge in [0.2, 0.25) is 5.91 Å². The van der Waals surface area contributed by atoms with Crippen molar-refractivity contribution in [1.82, 2.24) is 0 Å². The summed E-state index contributed by atoms with van der Waals surface area (Å²) in [4.78, 5) is 22.7. The highest BCUT2D eigenvalue weighted by Crippen LogP contribution is 2.17. The molecule has 1 atom stereocenters. The molecule has 0 aliphatic heterocycles. The molecule has 1 aromatic carbocycles. The summed E-state index contributed by atoms with van der Waals surface area (Å²) in [5.41, 5.74) is 4.98. The van der Waals surface area contributed by atoms with E-state index in [1.165, 1.54) is 39.0 Å². The Morgan fingerprint density at radius 1 is 1.15 bits per heavy atom. The van der Waals surface area contributed by atoms with Crippen LogP contribution < -0.4 is 15.8 Å². The summed E-state index contributed by atoms with van der Waals surface area (Å²) < 4.78 is 5.69. The van der Waals surface area contributed by atoms with E-state index in [1.54, 1.807) is 24.3 Å². The summed E-state index contributed by atoms with van der Waals surface area (Å²) in [6, 6.07) is 7.03. The predicted octanol–water partition coefficient (Wildman–Crippen LogP) is 3.72. The van der Waals surface area contributed by atoms with E-state index in [0.717, 1.165) is 24.3 Å². The number of carbonyl (C=O) groups excluding carboxylic acids is 1. The molecule has 6 nitrogen and oxygen atoms in total. The van der Waals surface area contributed by atoms with Gasteiger partial charge in [-0.2, -0.15) is 0 Å². The molecular weight excluding hydrogens is 332 g/mol. The van der Waals surface area contributed by atoms with Crippen molar-refractivity contribution >= 4 is 17.6 Å². The number of unbranched alkanes of at least 4 members (excludes halogenated alkanes) is 5. The van der Waals surface area contributed by atoms with Crippen molar-refractivity contribution in [3.63, 3.8) is 0 Å². The number of hydrogen-bond donors (Lipinski definition) is 3. The fourth-order valence-corrected chi connectivity index (χ4v) is 2.29. The quantitative estimate of drug-likeness (QED) is 0.388. The first-order valence-electron chi connectivity index (χ1n) is 9.10. The average molecular weight is 362 g/mol. The largest absolute Gasteiger partial charge is 0.494 e. The zero-order valence-electron chi connectivity index (χ0n) is 15.7. The van der Waals surface area contributed by atoms with Crippen molar-refractivity contribution in [3.8, 4) is 5.75 Å². The highest BCUT2D eigenvalue weighted by Gasteiger charge is 2.25. The number of ether oxygens (including phenoxy) is 1. The number of carboxylic acid groups (broad SMARTS) is 1. The van der Waals surface area contributed by atoms with Crippen LogP contribution in [0.1, 0.15) is 52.4 Å². The predicted molar refractivity (Wildman–Crippen MR) is 103 cm³/mol. The topological polar surface area (TPSA) is 102 Å². The van der Waals surface area contributed by atoms with E-state index < -0.39 is 17.4 Å². The van der Waals surface area contributed by atoms with Gasteiger partial charge in [-0.3, -0.25) is 4.79 Å². The number of benzene rings is 1. The molecule has 1 amide bonds. The van der Waals surface area contributed by atoms with E-state index in [-0.39, 0.29) is 0 Å². The number of carbonyl (C=O) groups is 2. The first-order valence-corrected chi connectivity index (χ1v) is 9.10. The number of anilines is 1. The summed E-state index contributed by atoms with van der Waals surface area (Å²) in [7, 11) is 0. The highest BCUT2D eigenvalue weighted by atomic mass is 16.5. The van der Waals surface area contributed by atoms with Gasteiger partial charge in [-0.25, -0.2) is 4.79 Å². The number of hydrogen-bond acceptors (Lipinski definition) is 4. The Labute approximate surface area is 155 Å². The van der Waals surface area contributed by atoms with Crippen LogP contribution in [0.15, 0.2) is 36.4 Å². The van der Waals surface area contributed by atoms with Crippen LogP contribution in [0, 0.1) is 0 Å². The Kier molecular flexibility index (Phi) is 9.44. The molecule has 0 unspecified atom stereocenters. The molecule has 4 N–H and O–H groups in total. The Bertz CT molecular complexity index is 594. The molecule has 0 saturated carbocycles. The number of aliphatic carboxylic acids is 1. The van der Waals surface area contributed by atoms with Gasteiger partial charge < -0.3 is 20.9 Å². The van der Waals surface area contributed by atoms with Crippen molar-refractivity contribution in [2.45, 2.75) is 57.9 Å². The summed E-state index contributed by atoms with van der Waals surface area (Å²) >= 11 is 0. The van der Waals surface area contributed by atoms with Gasteiger partial charge in [0.1, 0.15) is 11.3 Å². The minimum Gasteiger partial charge on any atom is -0.494 e. The lowest BCUT2D eigenvalue weighted by molar-refractivity contribution is -0.131. The fraction of sp³-hybridized carbons (Fsp3) is 0.500. The SMILES string of the molecule is CCCCCCCCOc1ccc(NC(=O)[C@@](C)(N)/C=C/C(=O)O)cc1. The maximum atomic E-state index is 12.1. The lowest BCUT2D eigenvalue weighted by Crippen LogP contribution is -2.46. The van der Waals surface area contributed by atoms with Gasteiger partial charge in [-0.1, -0.05) is 39.0 Å². The van der Waals surface area contributed by atoms with E-state index >= 15 is 0 Å². The number of nitrogens with one attached hydrogen (secondary N) is 1. The molecule has 26 heavy (non-hydrogen) atoms. The minimum atomic E-state index is -1.41. The van der Waals surface area contributed by atoms with E-state index in [2.05, 4.69) is 12.2 Å². The summed E-state index contributed by atoms with van der Waals surface area (Å²) in [5, 5.41) is 11.3. The highest BCUT2D eigenvalue weighted by molar-refractivity contribution is 5.99. The molecule has 0 spiro atoms. The van der Waals surface area contributed by atoms with E-state index in [9.17, 15) is 9.59 Å². The molecule has 0 aliphatic carbocycles. The monoisotopic (exact) mass is 362 g/mol. The van der Waals surface area contributed by atoms with Gasteiger partial charge in [-0.05, 0) is 43.7 Å². The summed E-state index contributed by atoms with van der Waals surface area (Å²) in [6.07, 6.45) is 9.29. The zero-order chi connectivity index (χ0) is 19.4. The van der Waals surface area contributed by atoms with Crippen LogP contribution in [0.5, 0.6) is 5.75 Å². The Morgan fingerprint density at radius 2 is 1.77 bits per heavy atom. The number of amides is 1. The van der Waals surface area contributed by atoms with Gasteiger partial charge >= 0.3 is 5.97 Å². The Balaban J connectivity index is 2.40. The second-order valence-electron chi connectivity index (χ2n) is 6.55. The first kappa shape index (κ1) is 21.7. The molecule has 1 rings (SSSR count). The van der Waals surface area contributed by atoms with Gasteiger partial charge in [0.15, 0.2) is 0 Å². The molecule has 0 aliphatic rings. The molecule has 0 radical (unpaired) electrons. The Morgan fingerprint density at radius 3 is 2.38 bits per heavy atom. The molecule has 0 bridgehead atoms. The van der Waals surface area contributed by atoms with Crippen molar-refractivity contribution in [1.29, 1.82) is 0 Å². The normalized spacial score (nSPS) is 13.3. The number of nitrogens with two attached hydrogens (primary N) is 1. The van der Waals surface area contributed by atoms with Gasteiger partial charge in [0, 0.05) is 11.8 Å². The van der Waals surface area contributed by atoms with Crippen LogP contribution in [0.4, 0.5) is 5.69 Å². The lowest BCUT2D eigenvalue weighted by atomic mass is 10.0. The molecular formula is C20H30N2O4. The molecule has 0 saturated heterocycles. The Hall–Kier alpha value is -2.34. The van der Waals surface area contributed by atoms with Crippen molar-refractivity contribution in [2.24, 2.45) is 5.73 Å². The second kappa shape index (κ2) is 11.3. The van der Waals surface area contributed by atoms with Crippen LogP contribution in [0.3, 0.4) is 0 Å².